The number of anilines is 1. The average Bonchev–Trinajstić information content (AvgIpc) is 3.00. The third kappa shape index (κ3) is 3.78. The zero-order chi connectivity index (χ0) is 20.5. The molecule has 0 saturated heterocycles. The average molecular weight is 450 g/mol. The van der Waals surface area contributed by atoms with Crippen LogP contribution in [0.1, 0.15) is 27.4 Å². The fourth-order valence-corrected chi connectivity index (χ4v) is 3.70. The topological polar surface area (TPSA) is 63.9 Å². The summed E-state index contributed by atoms with van der Waals surface area (Å²) >= 11 is 3.46. The van der Waals surface area contributed by atoms with Crippen molar-refractivity contribution >= 4 is 38.6 Å². The number of nitrogens with zero attached hydrogens (tertiary/aromatic N) is 5. The maximum absolute atomic E-state index is 13.8. The van der Waals surface area contributed by atoms with Gasteiger partial charge in [0.2, 0.25) is 0 Å². The van der Waals surface area contributed by atoms with Crippen LogP contribution >= 0.6 is 15.9 Å². The molecule has 1 amide bonds. The molecule has 4 aromatic rings. The van der Waals surface area contributed by atoms with Crippen LogP contribution in [0.3, 0.4) is 0 Å². The molecule has 0 radical (unpaired) electrons. The molecule has 146 valence electrons. The fraction of sp³-hybridized carbons (Fsp3) is 0.182. The monoisotopic (exact) mass is 449 g/mol. The molecule has 4 rings (SSSR count). The summed E-state index contributed by atoms with van der Waals surface area (Å²) in [6, 6.07) is 15.2. The number of hydrogen-bond donors (Lipinski definition) is 0. The summed E-state index contributed by atoms with van der Waals surface area (Å²) in [4.78, 5) is 24.5. The van der Waals surface area contributed by atoms with E-state index in [-0.39, 0.29) is 5.91 Å². The normalized spacial score (nSPS) is 11.0. The molecule has 3 aromatic heterocycles. The smallest absolute Gasteiger partial charge is 0.259 e. The molecule has 7 heteroatoms. The number of carbonyl (C=O) groups excluding carboxylic acids is 1. The number of rotatable bonds is 4. The second-order valence-corrected chi connectivity index (χ2v) is 7.82. The molecule has 0 aliphatic heterocycles. The van der Waals surface area contributed by atoms with Crippen molar-refractivity contribution in [2.75, 3.05) is 4.90 Å². The molecular formula is C22H20BrN5O. The highest BCUT2D eigenvalue weighted by atomic mass is 79.9. The number of hydrogen-bond acceptors (Lipinski definition) is 4. The third-order valence-corrected chi connectivity index (χ3v) is 5.29. The van der Waals surface area contributed by atoms with E-state index >= 15 is 0 Å². The van der Waals surface area contributed by atoms with Crippen LogP contribution in [-0.2, 0) is 13.6 Å². The van der Waals surface area contributed by atoms with E-state index in [1.165, 1.54) is 0 Å². The van der Waals surface area contributed by atoms with Crippen molar-refractivity contribution in [2.45, 2.75) is 20.4 Å². The lowest BCUT2D eigenvalue weighted by Crippen LogP contribution is -2.31. The van der Waals surface area contributed by atoms with Gasteiger partial charge in [0.15, 0.2) is 5.65 Å². The number of pyridine rings is 2. The second kappa shape index (κ2) is 7.75. The van der Waals surface area contributed by atoms with Crippen LogP contribution in [0.2, 0.25) is 0 Å². The lowest BCUT2D eigenvalue weighted by molar-refractivity contribution is 0.0986. The molecule has 0 saturated carbocycles. The van der Waals surface area contributed by atoms with Gasteiger partial charge in [-0.05, 0) is 56.3 Å². The van der Waals surface area contributed by atoms with Crippen LogP contribution in [0.5, 0.6) is 0 Å². The van der Waals surface area contributed by atoms with Crippen molar-refractivity contribution in [3.8, 4) is 0 Å². The molecule has 0 aliphatic rings. The molecule has 3 heterocycles. The van der Waals surface area contributed by atoms with Crippen LogP contribution in [0.15, 0.2) is 59.2 Å². The molecule has 0 fully saturated rings. The molecule has 0 spiro atoms. The van der Waals surface area contributed by atoms with Gasteiger partial charge in [0, 0.05) is 29.1 Å². The van der Waals surface area contributed by atoms with Gasteiger partial charge in [0.05, 0.1) is 28.9 Å². The third-order valence-electron chi connectivity index (χ3n) is 4.76. The second-order valence-electron chi connectivity index (χ2n) is 6.91. The van der Waals surface area contributed by atoms with Crippen LogP contribution in [0.25, 0.3) is 11.0 Å². The summed E-state index contributed by atoms with van der Waals surface area (Å²) in [7, 11) is 1.84. The molecule has 0 bridgehead atoms. The van der Waals surface area contributed by atoms with Crippen LogP contribution in [-0.4, -0.2) is 25.7 Å². The number of fused-ring (bicyclic) bond motifs is 1. The van der Waals surface area contributed by atoms with E-state index in [2.05, 4.69) is 31.0 Å². The summed E-state index contributed by atoms with van der Waals surface area (Å²) in [6.45, 7) is 4.16. The van der Waals surface area contributed by atoms with Gasteiger partial charge in [0.25, 0.3) is 5.91 Å². The molecule has 0 N–H and O–H groups in total. The zero-order valence-corrected chi connectivity index (χ0v) is 18.0. The lowest BCUT2D eigenvalue weighted by atomic mass is 10.1. The first-order chi connectivity index (χ1) is 13.9. The first kappa shape index (κ1) is 19.3. The first-order valence-corrected chi connectivity index (χ1v) is 10.0. The Kier molecular flexibility index (Phi) is 5.15. The minimum Gasteiger partial charge on any atom is -0.302 e. The molecule has 29 heavy (non-hydrogen) atoms. The van der Waals surface area contributed by atoms with E-state index in [0.29, 0.717) is 17.8 Å². The van der Waals surface area contributed by atoms with Crippen LogP contribution in [0, 0.1) is 13.8 Å². The predicted octanol–water partition coefficient (Wildman–Crippen LogP) is 4.59. The molecule has 1 aromatic carbocycles. The van der Waals surface area contributed by atoms with Gasteiger partial charge in [-0.3, -0.25) is 14.5 Å². The van der Waals surface area contributed by atoms with Crippen molar-refractivity contribution in [1.29, 1.82) is 0 Å². The molecular weight excluding hydrogens is 430 g/mol. The minimum atomic E-state index is -0.107. The van der Waals surface area contributed by atoms with E-state index in [0.717, 1.165) is 32.6 Å². The number of amides is 1. The number of halogens is 1. The fourth-order valence-electron chi connectivity index (χ4n) is 3.44. The Morgan fingerprint density at radius 1 is 1.14 bits per heavy atom. The minimum absolute atomic E-state index is 0.107. The first-order valence-electron chi connectivity index (χ1n) is 9.22. The van der Waals surface area contributed by atoms with Crippen molar-refractivity contribution < 1.29 is 4.79 Å². The Labute approximate surface area is 177 Å². The Bertz CT molecular complexity index is 1190. The summed E-state index contributed by atoms with van der Waals surface area (Å²) in [5.41, 5.74) is 4.47. The van der Waals surface area contributed by atoms with Crippen molar-refractivity contribution in [2.24, 2.45) is 7.05 Å². The molecule has 0 unspecified atom stereocenters. The van der Waals surface area contributed by atoms with Crippen molar-refractivity contribution in [3.05, 3.63) is 81.8 Å². The van der Waals surface area contributed by atoms with Gasteiger partial charge < -0.3 is 4.90 Å². The Morgan fingerprint density at radius 3 is 2.59 bits per heavy atom. The van der Waals surface area contributed by atoms with Crippen LogP contribution < -0.4 is 4.90 Å². The number of carbonyl (C=O) groups is 1. The lowest BCUT2D eigenvalue weighted by Gasteiger charge is -2.23. The van der Waals surface area contributed by atoms with Crippen LogP contribution in [0.4, 0.5) is 5.69 Å². The Balaban J connectivity index is 1.85. The highest BCUT2D eigenvalue weighted by molar-refractivity contribution is 9.10. The number of aryl methyl sites for hydroxylation is 3. The van der Waals surface area contributed by atoms with E-state index in [1.807, 2.05) is 69.4 Å². The maximum Gasteiger partial charge on any atom is 0.259 e. The van der Waals surface area contributed by atoms with Gasteiger partial charge in [-0.1, -0.05) is 22.0 Å². The van der Waals surface area contributed by atoms with E-state index in [4.69, 9.17) is 0 Å². The van der Waals surface area contributed by atoms with Gasteiger partial charge in [-0.15, -0.1) is 0 Å². The van der Waals surface area contributed by atoms with Gasteiger partial charge in [-0.2, -0.15) is 5.10 Å². The molecule has 0 atom stereocenters. The number of aromatic nitrogens is 4. The van der Waals surface area contributed by atoms with Gasteiger partial charge in [-0.25, -0.2) is 4.98 Å². The quantitative estimate of drug-likeness (QED) is 0.456. The zero-order valence-electron chi connectivity index (χ0n) is 16.4. The highest BCUT2D eigenvalue weighted by Crippen LogP contribution is 2.27. The summed E-state index contributed by atoms with van der Waals surface area (Å²) in [6.07, 6.45) is 1.74. The van der Waals surface area contributed by atoms with Crippen molar-refractivity contribution in [3.63, 3.8) is 0 Å². The van der Waals surface area contributed by atoms with E-state index in [9.17, 15) is 4.79 Å². The highest BCUT2D eigenvalue weighted by Gasteiger charge is 2.24. The standard InChI is InChI=1S/C22H20BrN5O/c1-14-12-19(20-15(2)26-27(3)21(20)25-14)22(29)28(13-17-6-4-5-11-24-17)18-9-7-16(23)8-10-18/h4-12H,13H2,1-3H3. The SMILES string of the molecule is Cc1cc(C(=O)N(Cc2ccccn2)c2ccc(Br)cc2)c2c(C)nn(C)c2n1. The predicted molar refractivity (Wildman–Crippen MR) is 117 cm³/mol. The van der Waals surface area contributed by atoms with E-state index < -0.39 is 0 Å². The summed E-state index contributed by atoms with van der Waals surface area (Å²) in [5, 5.41) is 5.25. The molecule has 0 aliphatic carbocycles. The van der Waals surface area contributed by atoms with Crippen molar-refractivity contribution in [1.82, 2.24) is 19.7 Å². The molecule has 6 nitrogen and oxygen atoms in total. The summed E-state index contributed by atoms with van der Waals surface area (Å²) in [5.74, 6) is -0.107. The maximum atomic E-state index is 13.8. The Hall–Kier alpha value is -3.06. The largest absolute Gasteiger partial charge is 0.302 e. The summed E-state index contributed by atoms with van der Waals surface area (Å²) < 4.78 is 2.67. The van der Waals surface area contributed by atoms with Gasteiger partial charge >= 0.3 is 0 Å². The van der Waals surface area contributed by atoms with Gasteiger partial charge in [0.1, 0.15) is 0 Å². The number of benzene rings is 1. The van der Waals surface area contributed by atoms with E-state index in [1.54, 1.807) is 15.8 Å². The Morgan fingerprint density at radius 2 is 1.90 bits per heavy atom.